The summed E-state index contributed by atoms with van der Waals surface area (Å²) in [5.74, 6) is 0. The fourth-order valence-corrected chi connectivity index (χ4v) is 4.39. The second kappa shape index (κ2) is 5.70. The molecule has 0 bridgehead atoms. The van der Waals surface area contributed by atoms with Crippen LogP contribution in [0.25, 0.3) is 0 Å². The van der Waals surface area contributed by atoms with Crippen LogP contribution in [0.15, 0.2) is 22.4 Å². The van der Waals surface area contributed by atoms with Crippen LogP contribution in [-0.4, -0.2) is 13.4 Å². The predicted octanol–water partition coefficient (Wildman–Crippen LogP) is 2.65. The highest BCUT2D eigenvalue weighted by atomic mass is 35.5. The smallest absolute Gasteiger partial charge is 0.273 e. The largest absolute Gasteiger partial charge is 0.279 e. The van der Waals surface area contributed by atoms with Crippen LogP contribution in [0.2, 0.25) is 4.47 Å². The topological polar surface area (TPSA) is 107 Å². The van der Waals surface area contributed by atoms with Crippen LogP contribution in [0.3, 0.4) is 0 Å². The van der Waals surface area contributed by atoms with E-state index in [1.54, 1.807) is 0 Å². The first kappa shape index (κ1) is 15.3. The molecule has 0 aliphatic carbocycles. The number of nitrogens with one attached hydrogen (secondary N) is 1. The van der Waals surface area contributed by atoms with Crippen LogP contribution in [0.1, 0.15) is 16.8 Å². The number of nitrogens with zero attached hydrogens (tertiary/aromatic N) is 3. The first-order chi connectivity index (χ1) is 9.87. The van der Waals surface area contributed by atoms with Crippen LogP contribution in [0.4, 0.5) is 5.69 Å². The molecule has 21 heavy (non-hydrogen) atoms. The lowest BCUT2D eigenvalue weighted by molar-refractivity contribution is 0.602. The van der Waals surface area contributed by atoms with Crippen molar-refractivity contribution < 1.29 is 8.42 Å². The molecular weight excluding hydrogens is 332 g/mol. The van der Waals surface area contributed by atoms with Crippen molar-refractivity contribution in [2.24, 2.45) is 0 Å². The molecule has 1 aromatic carbocycles. The summed E-state index contributed by atoms with van der Waals surface area (Å²) in [5.41, 5.74) is 0.760. The molecule has 9 heteroatoms. The van der Waals surface area contributed by atoms with Gasteiger partial charge in [0.15, 0.2) is 8.68 Å². The normalized spacial score (nSPS) is 10.7. The van der Waals surface area contributed by atoms with E-state index in [9.17, 15) is 8.42 Å². The van der Waals surface area contributed by atoms with Gasteiger partial charge >= 0.3 is 0 Å². The van der Waals surface area contributed by atoms with Gasteiger partial charge in [0.2, 0.25) is 0 Å². The number of rotatable bonds is 3. The highest BCUT2D eigenvalue weighted by Crippen LogP contribution is 2.28. The van der Waals surface area contributed by atoms with Gasteiger partial charge < -0.3 is 0 Å². The van der Waals surface area contributed by atoms with Gasteiger partial charge in [-0.2, -0.15) is 10.5 Å². The Hall–Kier alpha value is -2.13. The quantitative estimate of drug-likeness (QED) is 0.925. The Morgan fingerprint density at radius 3 is 2.48 bits per heavy atom. The molecule has 0 spiro atoms. The van der Waals surface area contributed by atoms with Crippen molar-refractivity contribution in [2.45, 2.75) is 11.1 Å². The summed E-state index contributed by atoms with van der Waals surface area (Å²) in [6.45, 7) is 1.54. The number of nitriles is 2. The minimum absolute atomic E-state index is 0.00960. The summed E-state index contributed by atoms with van der Waals surface area (Å²) >= 11 is 6.54. The molecule has 0 aliphatic rings. The number of thiazole rings is 1. The van der Waals surface area contributed by atoms with Crippen LogP contribution < -0.4 is 4.72 Å². The van der Waals surface area contributed by atoms with Gasteiger partial charge in [-0.15, -0.1) is 0 Å². The van der Waals surface area contributed by atoms with E-state index in [1.165, 1.54) is 25.1 Å². The summed E-state index contributed by atoms with van der Waals surface area (Å²) < 4.78 is 27.0. The molecule has 2 aromatic rings. The molecule has 1 heterocycles. The minimum atomic E-state index is -3.84. The van der Waals surface area contributed by atoms with Gasteiger partial charge in [-0.3, -0.25) is 4.72 Å². The average Bonchev–Trinajstić information content (AvgIpc) is 2.78. The van der Waals surface area contributed by atoms with Crippen LogP contribution in [-0.2, 0) is 10.0 Å². The van der Waals surface area contributed by atoms with Crippen LogP contribution in [0.5, 0.6) is 0 Å². The van der Waals surface area contributed by atoms with Crippen LogP contribution >= 0.6 is 22.9 Å². The Labute approximate surface area is 130 Å². The number of hydrogen-bond donors (Lipinski definition) is 1. The molecular formula is C12H7ClN4O2S2. The summed E-state index contributed by atoms with van der Waals surface area (Å²) in [4.78, 5) is 3.85. The number of halogens is 1. The lowest BCUT2D eigenvalue weighted by Crippen LogP contribution is -2.12. The van der Waals surface area contributed by atoms with Gasteiger partial charge in [0, 0.05) is 0 Å². The van der Waals surface area contributed by atoms with Crippen molar-refractivity contribution in [1.82, 2.24) is 4.98 Å². The third kappa shape index (κ3) is 3.14. The zero-order chi connectivity index (χ0) is 15.6. The first-order valence-electron chi connectivity index (χ1n) is 5.47. The first-order valence-corrected chi connectivity index (χ1v) is 8.15. The number of aryl methyl sites for hydroxylation is 1. The minimum Gasteiger partial charge on any atom is -0.279 e. The van der Waals surface area contributed by atoms with Crippen molar-refractivity contribution in [3.05, 3.63) is 39.5 Å². The van der Waals surface area contributed by atoms with Gasteiger partial charge in [-0.05, 0) is 25.1 Å². The lowest BCUT2D eigenvalue weighted by Gasteiger charge is -2.07. The monoisotopic (exact) mass is 338 g/mol. The highest BCUT2D eigenvalue weighted by molar-refractivity contribution is 7.94. The van der Waals surface area contributed by atoms with E-state index in [-0.39, 0.29) is 25.5 Å². The van der Waals surface area contributed by atoms with E-state index in [0.717, 1.165) is 11.3 Å². The second-order valence-electron chi connectivity index (χ2n) is 3.93. The Morgan fingerprint density at radius 1 is 1.29 bits per heavy atom. The molecule has 2 rings (SSSR count). The van der Waals surface area contributed by atoms with E-state index < -0.39 is 10.0 Å². The standard InChI is InChI=1S/C12H7ClN4O2S2/c1-7-11(20-12(13)16-7)21(18,19)17-10-3-2-8(5-14)9(4-10)6-15/h2-4,17H,1H3. The van der Waals surface area contributed by atoms with E-state index in [1.807, 2.05) is 12.1 Å². The van der Waals surface area contributed by atoms with Gasteiger partial charge in [-0.25, -0.2) is 13.4 Å². The van der Waals surface area contributed by atoms with E-state index in [0.29, 0.717) is 5.69 Å². The molecule has 106 valence electrons. The van der Waals surface area contributed by atoms with Crippen molar-refractivity contribution in [1.29, 1.82) is 10.5 Å². The van der Waals surface area contributed by atoms with E-state index in [4.69, 9.17) is 22.1 Å². The Bertz CT molecular complexity index is 891. The molecule has 0 radical (unpaired) electrons. The number of aromatic nitrogens is 1. The molecule has 0 amide bonds. The molecule has 6 nitrogen and oxygen atoms in total. The molecule has 0 atom stereocenters. The molecule has 0 unspecified atom stereocenters. The van der Waals surface area contributed by atoms with Gasteiger partial charge in [0.1, 0.15) is 12.1 Å². The summed E-state index contributed by atoms with van der Waals surface area (Å²) in [6.07, 6.45) is 0. The SMILES string of the molecule is Cc1nc(Cl)sc1S(=O)(=O)Nc1ccc(C#N)c(C#N)c1. The number of benzene rings is 1. The van der Waals surface area contributed by atoms with Gasteiger partial charge in [0.25, 0.3) is 10.0 Å². The van der Waals surface area contributed by atoms with Crippen molar-refractivity contribution >= 4 is 38.6 Å². The summed E-state index contributed by atoms with van der Waals surface area (Å²) in [7, 11) is -3.84. The highest BCUT2D eigenvalue weighted by Gasteiger charge is 2.21. The molecule has 1 aromatic heterocycles. The van der Waals surface area contributed by atoms with Crippen LogP contribution in [0, 0.1) is 29.6 Å². The Balaban J connectivity index is 2.41. The zero-order valence-corrected chi connectivity index (χ0v) is 13.0. The fraction of sp³-hybridized carbons (Fsp3) is 0.0833. The third-order valence-electron chi connectivity index (χ3n) is 2.48. The average molecular weight is 339 g/mol. The number of anilines is 1. The second-order valence-corrected chi connectivity index (χ2v) is 7.39. The molecule has 0 aliphatic heterocycles. The van der Waals surface area contributed by atoms with Gasteiger partial charge in [0.05, 0.1) is 22.5 Å². The summed E-state index contributed by atoms with van der Waals surface area (Å²) in [6, 6.07) is 7.78. The fourth-order valence-electron chi connectivity index (χ4n) is 1.60. The van der Waals surface area contributed by atoms with Crippen molar-refractivity contribution in [2.75, 3.05) is 4.72 Å². The Morgan fingerprint density at radius 2 is 1.95 bits per heavy atom. The zero-order valence-electron chi connectivity index (χ0n) is 10.6. The van der Waals surface area contributed by atoms with Crippen molar-refractivity contribution in [3.8, 4) is 12.1 Å². The van der Waals surface area contributed by atoms with Gasteiger partial charge in [-0.1, -0.05) is 22.9 Å². The lowest BCUT2D eigenvalue weighted by atomic mass is 10.1. The van der Waals surface area contributed by atoms with E-state index in [2.05, 4.69) is 9.71 Å². The number of sulfonamides is 1. The maximum Gasteiger partial charge on any atom is 0.273 e. The molecule has 0 fully saturated rings. The maximum absolute atomic E-state index is 12.2. The van der Waals surface area contributed by atoms with Crippen molar-refractivity contribution in [3.63, 3.8) is 0 Å². The predicted molar refractivity (Wildman–Crippen MR) is 78.5 cm³/mol. The Kier molecular flexibility index (Phi) is 4.14. The third-order valence-corrected chi connectivity index (χ3v) is 5.74. The maximum atomic E-state index is 12.2. The number of hydrogen-bond acceptors (Lipinski definition) is 6. The molecule has 0 saturated carbocycles. The summed E-state index contributed by atoms with van der Waals surface area (Å²) in [5, 5.41) is 17.8. The molecule has 0 saturated heterocycles. The molecule has 1 N–H and O–H groups in total. The van der Waals surface area contributed by atoms with E-state index >= 15 is 0 Å².